The van der Waals surface area contributed by atoms with Gasteiger partial charge in [-0.05, 0) is 0 Å². The second kappa shape index (κ2) is 6.30. The van der Waals surface area contributed by atoms with Gasteiger partial charge in [-0.2, -0.15) is 0 Å². The Morgan fingerprint density at radius 2 is 1.16 bits per heavy atom. The first kappa shape index (κ1) is 17.2. The zero-order valence-corrected chi connectivity index (χ0v) is 14.4. The highest BCUT2D eigenvalue weighted by atomic mass is 35.5. The van der Waals surface area contributed by atoms with Crippen LogP contribution in [0.4, 0.5) is 0 Å². The summed E-state index contributed by atoms with van der Waals surface area (Å²) in [6.45, 7) is 3.00. The van der Waals surface area contributed by atoms with Gasteiger partial charge in [-0.1, -0.05) is 13.8 Å². The zero-order valence-electron chi connectivity index (χ0n) is 10.4. The fraction of sp³-hybridized carbons (Fsp3) is 0.600. The average Bonchev–Trinajstić information content (AvgIpc) is 2.78. The molecule has 0 saturated heterocycles. The van der Waals surface area contributed by atoms with Crippen molar-refractivity contribution >= 4 is 54.2 Å². The quantitative estimate of drug-likeness (QED) is 0.727. The lowest BCUT2D eigenvalue weighted by Gasteiger charge is -2.03. The minimum absolute atomic E-state index is 0.0210. The number of alkyl halides is 2. The zero-order chi connectivity index (χ0) is 14.8. The van der Waals surface area contributed by atoms with Crippen LogP contribution in [0.1, 0.15) is 25.0 Å². The largest absolute Gasteiger partial charge is 0.223 e. The van der Waals surface area contributed by atoms with Crippen molar-refractivity contribution in [2.24, 2.45) is 0 Å². The second-order valence-electron chi connectivity index (χ2n) is 3.71. The van der Waals surface area contributed by atoms with Crippen molar-refractivity contribution in [3.63, 3.8) is 0 Å². The van der Waals surface area contributed by atoms with Gasteiger partial charge in [0.25, 0.3) is 0 Å². The lowest BCUT2D eigenvalue weighted by Crippen LogP contribution is -2.05. The van der Waals surface area contributed by atoms with E-state index in [1.165, 1.54) is 13.8 Å². The van der Waals surface area contributed by atoms with Crippen molar-refractivity contribution < 1.29 is 16.8 Å². The molecule has 1 rings (SSSR count). The fourth-order valence-corrected chi connectivity index (χ4v) is 7.25. The van der Waals surface area contributed by atoms with Gasteiger partial charge < -0.3 is 0 Å². The first-order chi connectivity index (χ1) is 8.75. The summed E-state index contributed by atoms with van der Waals surface area (Å²) in [7, 11) is -7.02. The lowest BCUT2D eigenvalue weighted by molar-refractivity contribution is 0.597. The molecule has 0 fully saturated rings. The van der Waals surface area contributed by atoms with Gasteiger partial charge in [-0.3, -0.25) is 0 Å². The van der Waals surface area contributed by atoms with Gasteiger partial charge in [0.05, 0.1) is 11.5 Å². The van der Waals surface area contributed by atoms with Gasteiger partial charge in [0.15, 0.2) is 19.7 Å². The maximum absolute atomic E-state index is 12.0. The predicted octanol–water partition coefficient (Wildman–Crippen LogP) is 2.81. The van der Waals surface area contributed by atoms with Crippen molar-refractivity contribution in [1.29, 1.82) is 0 Å². The van der Waals surface area contributed by atoms with Gasteiger partial charge in [-0.25, -0.2) is 16.8 Å². The molecule has 9 heteroatoms. The topological polar surface area (TPSA) is 68.3 Å². The molecule has 1 aromatic heterocycles. The fourth-order valence-electron chi connectivity index (χ4n) is 1.49. The van der Waals surface area contributed by atoms with Crippen LogP contribution in [-0.2, 0) is 31.4 Å². The van der Waals surface area contributed by atoms with Crippen LogP contribution in [0.5, 0.6) is 0 Å². The Hall–Kier alpha value is 0.180. The van der Waals surface area contributed by atoms with E-state index < -0.39 is 19.7 Å². The van der Waals surface area contributed by atoms with Crippen LogP contribution in [0.3, 0.4) is 0 Å². The molecular formula is C10H14Cl2O4S3. The molecule has 0 bridgehead atoms. The van der Waals surface area contributed by atoms with Crippen molar-refractivity contribution in [2.45, 2.75) is 34.0 Å². The van der Waals surface area contributed by atoms with E-state index in [4.69, 9.17) is 23.2 Å². The van der Waals surface area contributed by atoms with Crippen molar-refractivity contribution in [1.82, 2.24) is 0 Å². The van der Waals surface area contributed by atoms with E-state index in [9.17, 15) is 16.8 Å². The molecule has 0 unspecified atom stereocenters. The van der Waals surface area contributed by atoms with Crippen LogP contribution in [0.2, 0.25) is 0 Å². The molecule has 0 amide bonds. The van der Waals surface area contributed by atoms with E-state index in [0.717, 1.165) is 11.3 Å². The molecule has 0 aliphatic carbocycles. The first-order valence-electron chi connectivity index (χ1n) is 5.47. The van der Waals surface area contributed by atoms with Crippen LogP contribution in [0, 0.1) is 0 Å². The third-order valence-electron chi connectivity index (χ3n) is 2.63. The third-order valence-corrected chi connectivity index (χ3v) is 9.20. The van der Waals surface area contributed by atoms with Crippen LogP contribution in [0.25, 0.3) is 0 Å². The summed E-state index contributed by atoms with van der Waals surface area (Å²) in [5, 5.41) is 0. The average molecular weight is 365 g/mol. The highest BCUT2D eigenvalue weighted by Crippen LogP contribution is 2.38. The molecule has 0 saturated carbocycles. The number of thiophene rings is 1. The SMILES string of the molecule is CCS(=O)(=O)c1sc(S(=O)(=O)CC)c(CCl)c1CCl. The normalized spacial score (nSPS) is 12.8. The maximum atomic E-state index is 12.0. The highest BCUT2D eigenvalue weighted by molar-refractivity contribution is 7.96. The molecule has 4 nitrogen and oxygen atoms in total. The molecule has 110 valence electrons. The Kier molecular flexibility index (Phi) is 5.72. The molecule has 0 N–H and O–H groups in total. The van der Waals surface area contributed by atoms with Crippen molar-refractivity contribution in [2.75, 3.05) is 11.5 Å². The molecular weight excluding hydrogens is 351 g/mol. The Balaban J connectivity index is 3.72. The van der Waals surface area contributed by atoms with Crippen molar-refractivity contribution in [3.05, 3.63) is 11.1 Å². The Morgan fingerprint density at radius 1 is 0.842 bits per heavy atom. The monoisotopic (exact) mass is 364 g/mol. The highest BCUT2D eigenvalue weighted by Gasteiger charge is 2.30. The van der Waals surface area contributed by atoms with Gasteiger partial charge in [0.1, 0.15) is 8.42 Å². The third kappa shape index (κ3) is 3.26. The standard InChI is InChI=1S/C10H14Cl2O4S3/c1-3-18(13,14)9-7(5-11)8(6-12)10(17-9)19(15,16)4-2/h3-6H2,1-2H3. The van der Waals surface area contributed by atoms with Crippen LogP contribution < -0.4 is 0 Å². The summed E-state index contributed by atoms with van der Waals surface area (Å²) in [4.78, 5) is 0. The molecule has 0 atom stereocenters. The summed E-state index contributed by atoms with van der Waals surface area (Å²) in [6, 6.07) is 0. The molecule has 1 heterocycles. The molecule has 19 heavy (non-hydrogen) atoms. The van der Waals surface area contributed by atoms with Crippen LogP contribution in [0.15, 0.2) is 8.42 Å². The number of hydrogen-bond acceptors (Lipinski definition) is 5. The maximum Gasteiger partial charge on any atom is 0.187 e. The van der Waals surface area contributed by atoms with Gasteiger partial charge >= 0.3 is 0 Å². The van der Waals surface area contributed by atoms with E-state index in [1.54, 1.807) is 0 Å². The van der Waals surface area contributed by atoms with Gasteiger partial charge in [0, 0.05) is 22.9 Å². The van der Waals surface area contributed by atoms with Gasteiger partial charge in [-0.15, -0.1) is 34.5 Å². The first-order valence-corrected chi connectivity index (χ1v) is 10.7. The summed E-state index contributed by atoms with van der Waals surface area (Å²) in [5.74, 6) is -0.367. The minimum Gasteiger partial charge on any atom is -0.223 e. The number of hydrogen-bond donors (Lipinski definition) is 0. The molecule has 0 spiro atoms. The minimum atomic E-state index is -3.51. The molecule has 1 aromatic rings. The summed E-state index contributed by atoms with van der Waals surface area (Å²) >= 11 is 12.3. The second-order valence-corrected chi connectivity index (χ2v) is 10.2. The summed E-state index contributed by atoms with van der Waals surface area (Å²) < 4.78 is 48.0. The number of sulfone groups is 2. The molecule has 0 aliphatic rings. The number of halogens is 2. The number of rotatable bonds is 6. The van der Waals surface area contributed by atoms with Crippen LogP contribution in [-0.4, -0.2) is 28.3 Å². The van der Waals surface area contributed by atoms with E-state index >= 15 is 0 Å². The smallest absolute Gasteiger partial charge is 0.187 e. The molecule has 0 aliphatic heterocycles. The van der Waals surface area contributed by atoms with E-state index in [1.807, 2.05) is 0 Å². The Labute approximate surface area is 127 Å². The molecule has 0 aromatic carbocycles. The van der Waals surface area contributed by atoms with E-state index in [-0.39, 0.29) is 31.7 Å². The lowest BCUT2D eigenvalue weighted by atomic mass is 10.2. The predicted molar refractivity (Wildman–Crippen MR) is 78.9 cm³/mol. The van der Waals surface area contributed by atoms with Gasteiger partial charge in [0.2, 0.25) is 0 Å². The Morgan fingerprint density at radius 3 is 1.37 bits per heavy atom. The Bertz CT molecular complexity index is 603. The van der Waals surface area contributed by atoms with E-state index in [2.05, 4.69) is 0 Å². The van der Waals surface area contributed by atoms with E-state index in [0.29, 0.717) is 11.1 Å². The van der Waals surface area contributed by atoms with Crippen LogP contribution >= 0.6 is 34.5 Å². The summed E-state index contributed by atoms with van der Waals surface area (Å²) in [5.41, 5.74) is 0.631. The summed E-state index contributed by atoms with van der Waals surface area (Å²) in [6.07, 6.45) is 0. The molecule has 0 radical (unpaired) electrons. The van der Waals surface area contributed by atoms with Crippen molar-refractivity contribution in [3.8, 4) is 0 Å².